The number of carbonyl (C=O) groups excluding carboxylic acids is 2. The summed E-state index contributed by atoms with van der Waals surface area (Å²) in [5.41, 5.74) is 1.75. The van der Waals surface area contributed by atoms with Crippen LogP contribution in [0.15, 0.2) is 126 Å². The molecule has 10 heteroatoms. The number of esters is 1. The predicted molar refractivity (Wildman–Crippen MR) is 197 cm³/mol. The number of nitrogens with one attached hydrogen (secondary N) is 1. The third-order valence-electron chi connectivity index (χ3n) is 8.56. The number of hydrogen-bond acceptors (Lipinski definition) is 6. The van der Waals surface area contributed by atoms with E-state index in [1.165, 1.54) is 37.4 Å². The fraction of sp³-hybridized carbons (Fsp3) is 0.167. The van der Waals surface area contributed by atoms with Crippen LogP contribution in [0, 0.1) is 11.6 Å². The van der Waals surface area contributed by atoms with Gasteiger partial charge in [0.25, 0.3) is 0 Å². The summed E-state index contributed by atoms with van der Waals surface area (Å²) < 4.78 is 44.8. The number of benzene rings is 5. The minimum absolute atomic E-state index is 0.00463. The van der Waals surface area contributed by atoms with Gasteiger partial charge >= 0.3 is 5.97 Å². The molecule has 0 bridgehead atoms. The molecule has 0 saturated carbocycles. The number of nitrogens with zero attached hydrogens (tertiary/aromatic N) is 2. The topological polar surface area (TPSA) is 89.9 Å². The van der Waals surface area contributed by atoms with Gasteiger partial charge in [-0.25, -0.2) is 13.6 Å². The standard InChI is InChI=1S/C42H37F2N3O5/c1-4-51-42(50)34-26-47(40(31-14-8-10-16-35(31)43)32-15-9-11-17-36(32)44)37-22-23-38(52-30-20-18-29(19-21-30)45-27(2)48)33(39(37)41(34)49)25-46(3)24-28-12-6-5-7-13-28/h5-23,26,40H,4,24-25H2,1-3H3,(H,45,48). The van der Waals surface area contributed by atoms with Gasteiger partial charge < -0.3 is 19.4 Å². The SMILES string of the molecule is CCOC(=O)c1cn(C(c2ccccc2F)c2ccccc2F)c2ccc(Oc3ccc(NC(C)=O)cc3)c(CN(C)Cc3ccccc3)c2c1=O. The van der Waals surface area contributed by atoms with E-state index in [4.69, 9.17) is 9.47 Å². The van der Waals surface area contributed by atoms with Crippen molar-refractivity contribution in [1.29, 1.82) is 0 Å². The lowest BCUT2D eigenvalue weighted by atomic mass is 9.95. The average Bonchev–Trinajstić information content (AvgIpc) is 3.12. The number of pyridine rings is 1. The third-order valence-corrected chi connectivity index (χ3v) is 8.56. The first-order valence-electron chi connectivity index (χ1n) is 16.8. The molecule has 0 saturated heterocycles. The first-order chi connectivity index (χ1) is 25.1. The van der Waals surface area contributed by atoms with Gasteiger partial charge in [0, 0.05) is 48.6 Å². The molecule has 1 aromatic heterocycles. The van der Waals surface area contributed by atoms with E-state index < -0.39 is 29.1 Å². The number of anilines is 1. The number of hydrogen-bond donors (Lipinski definition) is 1. The third kappa shape index (κ3) is 7.77. The van der Waals surface area contributed by atoms with Gasteiger partial charge in [-0.2, -0.15) is 0 Å². The molecule has 0 fully saturated rings. The van der Waals surface area contributed by atoms with Crippen molar-refractivity contribution in [2.24, 2.45) is 0 Å². The molecule has 52 heavy (non-hydrogen) atoms. The molecule has 0 spiro atoms. The highest BCUT2D eigenvalue weighted by Gasteiger charge is 2.29. The highest BCUT2D eigenvalue weighted by molar-refractivity contribution is 5.96. The number of fused-ring (bicyclic) bond motifs is 1. The summed E-state index contributed by atoms with van der Waals surface area (Å²) in [6.45, 7) is 3.76. The first kappa shape index (κ1) is 35.7. The summed E-state index contributed by atoms with van der Waals surface area (Å²) in [6.07, 6.45) is 1.32. The Morgan fingerprint density at radius 3 is 2.02 bits per heavy atom. The van der Waals surface area contributed by atoms with Gasteiger partial charge in [0.05, 0.1) is 23.6 Å². The molecule has 6 aromatic rings. The predicted octanol–water partition coefficient (Wildman–Crippen LogP) is 8.48. The molecule has 0 aliphatic heterocycles. The Hall–Kier alpha value is -6.13. The van der Waals surface area contributed by atoms with Crippen LogP contribution in [0.4, 0.5) is 14.5 Å². The average molecular weight is 702 g/mol. The van der Waals surface area contributed by atoms with Crippen molar-refractivity contribution >= 4 is 28.5 Å². The van der Waals surface area contributed by atoms with Crippen LogP contribution in [0.3, 0.4) is 0 Å². The van der Waals surface area contributed by atoms with Crippen molar-refractivity contribution in [1.82, 2.24) is 9.47 Å². The maximum atomic E-state index is 15.7. The smallest absolute Gasteiger partial charge is 0.343 e. The molecule has 1 heterocycles. The van der Waals surface area contributed by atoms with Gasteiger partial charge in [0.1, 0.15) is 28.7 Å². The number of rotatable bonds is 12. The van der Waals surface area contributed by atoms with E-state index in [0.717, 1.165) is 5.56 Å². The van der Waals surface area contributed by atoms with Gasteiger partial charge in [-0.15, -0.1) is 0 Å². The molecular weight excluding hydrogens is 664 g/mol. The summed E-state index contributed by atoms with van der Waals surface area (Å²) >= 11 is 0. The molecule has 5 aromatic carbocycles. The van der Waals surface area contributed by atoms with Gasteiger partial charge in [-0.1, -0.05) is 66.7 Å². The van der Waals surface area contributed by atoms with Crippen LogP contribution in [0.1, 0.15) is 52.5 Å². The van der Waals surface area contributed by atoms with E-state index >= 15 is 8.78 Å². The fourth-order valence-electron chi connectivity index (χ4n) is 6.33. The van der Waals surface area contributed by atoms with Crippen molar-refractivity contribution < 1.29 is 27.8 Å². The Kier molecular flexibility index (Phi) is 10.9. The van der Waals surface area contributed by atoms with Crippen LogP contribution in [0.2, 0.25) is 0 Å². The Morgan fingerprint density at radius 2 is 1.42 bits per heavy atom. The summed E-state index contributed by atoms with van der Waals surface area (Å²) in [6, 6.07) is 30.8. The lowest BCUT2D eigenvalue weighted by molar-refractivity contribution is -0.114. The molecular formula is C42H37F2N3O5. The monoisotopic (exact) mass is 701 g/mol. The van der Waals surface area contributed by atoms with Gasteiger partial charge in [0.15, 0.2) is 0 Å². The Labute approximate surface area is 299 Å². The van der Waals surface area contributed by atoms with Crippen LogP contribution in [0.25, 0.3) is 10.9 Å². The highest BCUT2D eigenvalue weighted by Crippen LogP contribution is 2.37. The first-order valence-corrected chi connectivity index (χ1v) is 16.8. The lowest BCUT2D eigenvalue weighted by Crippen LogP contribution is -2.26. The zero-order valence-corrected chi connectivity index (χ0v) is 28.9. The van der Waals surface area contributed by atoms with E-state index in [9.17, 15) is 14.4 Å². The maximum Gasteiger partial charge on any atom is 0.343 e. The largest absolute Gasteiger partial charge is 0.462 e. The Balaban J connectivity index is 1.62. The molecule has 1 N–H and O–H groups in total. The summed E-state index contributed by atoms with van der Waals surface area (Å²) in [5.74, 6) is -1.51. The lowest BCUT2D eigenvalue weighted by Gasteiger charge is -2.27. The second-order valence-corrected chi connectivity index (χ2v) is 12.3. The van der Waals surface area contributed by atoms with E-state index in [0.29, 0.717) is 34.8 Å². The number of amides is 1. The van der Waals surface area contributed by atoms with Crippen LogP contribution >= 0.6 is 0 Å². The van der Waals surface area contributed by atoms with Crippen molar-refractivity contribution in [2.45, 2.75) is 33.0 Å². The van der Waals surface area contributed by atoms with Crippen molar-refractivity contribution in [2.75, 3.05) is 19.0 Å². The zero-order chi connectivity index (χ0) is 36.8. The van der Waals surface area contributed by atoms with E-state index in [-0.39, 0.29) is 41.1 Å². The molecule has 0 radical (unpaired) electrons. The van der Waals surface area contributed by atoms with Crippen molar-refractivity contribution in [3.63, 3.8) is 0 Å². The van der Waals surface area contributed by atoms with E-state index in [1.54, 1.807) is 72.2 Å². The molecule has 264 valence electrons. The summed E-state index contributed by atoms with van der Waals surface area (Å²) in [5, 5.41) is 2.86. The van der Waals surface area contributed by atoms with E-state index in [2.05, 4.69) is 5.32 Å². The molecule has 0 atom stereocenters. The molecule has 0 unspecified atom stereocenters. The summed E-state index contributed by atoms with van der Waals surface area (Å²) in [7, 11) is 1.90. The number of carbonyl (C=O) groups is 2. The number of aromatic nitrogens is 1. The summed E-state index contributed by atoms with van der Waals surface area (Å²) in [4.78, 5) is 41.6. The van der Waals surface area contributed by atoms with E-state index in [1.807, 2.05) is 42.3 Å². The van der Waals surface area contributed by atoms with Gasteiger partial charge in [-0.3, -0.25) is 14.5 Å². The minimum Gasteiger partial charge on any atom is -0.462 e. The number of halogens is 2. The molecule has 1 amide bonds. The quantitative estimate of drug-likeness (QED) is 0.129. The number of ether oxygens (including phenoxy) is 2. The normalized spacial score (nSPS) is 11.2. The Morgan fingerprint density at radius 1 is 0.808 bits per heavy atom. The second kappa shape index (κ2) is 15.8. The maximum absolute atomic E-state index is 15.7. The Bertz CT molecular complexity index is 2250. The van der Waals surface area contributed by atoms with Gasteiger partial charge in [-0.05, 0) is 68.1 Å². The second-order valence-electron chi connectivity index (χ2n) is 12.3. The highest BCUT2D eigenvalue weighted by atomic mass is 19.1. The molecule has 0 aliphatic rings. The van der Waals surface area contributed by atoms with Crippen LogP contribution in [-0.2, 0) is 22.6 Å². The zero-order valence-electron chi connectivity index (χ0n) is 28.9. The van der Waals surface area contributed by atoms with Gasteiger partial charge in [0.2, 0.25) is 11.3 Å². The molecule has 6 rings (SSSR count). The molecule has 8 nitrogen and oxygen atoms in total. The molecule has 0 aliphatic carbocycles. The van der Waals surface area contributed by atoms with Crippen LogP contribution in [-0.4, -0.2) is 35.0 Å². The minimum atomic E-state index is -1.12. The van der Waals surface area contributed by atoms with Crippen molar-refractivity contribution in [3.8, 4) is 11.5 Å². The van der Waals surface area contributed by atoms with Crippen molar-refractivity contribution in [3.05, 3.63) is 171 Å². The van der Waals surface area contributed by atoms with Crippen LogP contribution in [0.5, 0.6) is 11.5 Å². The fourth-order valence-corrected chi connectivity index (χ4v) is 6.33. The van der Waals surface area contributed by atoms with Crippen LogP contribution < -0.4 is 15.5 Å².